The van der Waals surface area contributed by atoms with Crippen LogP contribution in [0.5, 0.6) is 5.75 Å². The van der Waals surface area contributed by atoms with Gasteiger partial charge in [-0.1, -0.05) is 42.5 Å². The van der Waals surface area contributed by atoms with Crippen LogP contribution in [0.3, 0.4) is 0 Å². The Balaban J connectivity index is 1.49. The molecule has 0 N–H and O–H groups in total. The van der Waals surface area contributed by atoms with Gasteiger partial charge in [0.15, 0.2) is 0 Å². The van der Waals surface area contributed by atoms with Crippen LogP contribution in [-0.2, 0) is 17.9 Å². The van der Waals surface area contributed by atoms with Crippen molar-refractivity contribution in [1.29, 1.82) is 0 Å². The predicted octanol–water partition coefficient (Wildman–Crippen LogP) is 7.17. The van der Waals surface area contributed by atoms with Crippen molar-refractivity contribution in [2.24, 2.45) is 0 Å². The molecule has 4 rings (SSSR count). The summed E-state index contributed by atoms with van der Waals surface area (Å²) in [7, 11) is 0. The van der Waals surface area contributed by atoms with E-state index in [1.807, 2.05) is 42.5 Å². The molecule has 1 saturated heterocycles. The zero-order chi connectivity index (χ0) is 22.7. The molecule has 162 valence electrons. The van der Waals surface area contributed by atoms with Crippen LogP contribution in [0.2, 0.25) is 0 Å². The second kappa shape index (κ2) is 10.0. The Morgan fingerprint density at radius 1 is 0.938 bits per heavy atom. The molecule has 0 aromatic heterocycles. The fourth-order valence-corrected chi connectivity index (χ4v) is 5.38. The van der Waals surface area contributed by atoms with E-state index in [-0.39, 0.29) is 30.1 Å². The molecule has 8 heteroatoms. The summed E-state index contributed by atoms with van der Waals surface area (Å²) >= 11 is 7.93. The van der Waals surface area contributed by atoms with E-state index >= 15 is 0 Å². The lowest BCUT2D eigenvalue weighted by molar-refractivity contribution is -0.123. The molecule has 0 unspecified atom stereocenters. The molecule has 0 aliphatic carbocycles. The molecule has 0 saturated carbocycles. The first kappa shape index (κ1) is 22.8. The molecule has 1 fully saturated rings. The maximum atomic E-state index is 13.1. The van der Waals surface area contributed by atoms with Crippen LogP contribution < -0.4 is 4.74 Å². The minimum absolute atomic E-state index is 0.242. The highest BCUT2D eigenvalue weighted by Crippen LogP contribution is 2.38. The fraction of sp³-hybridized carbons (Fsp3) is 0.0833. The van der Waals surface area contributed by atoms with Crippen LogP contribution in [0.4, 0.5) is 9.18 Å². The highest BCUT2D eigenvalue weighted by atomic mass is 79.9. The summed E-state index contributed by atoms with van der Waals surface area (Å²) in [4.78, 5) is 26.8. The van der Waals surface area contributed by atoms with Crippen LogP contribution >= 0.6 is 43.6 Å². The van der Waals surface area contributed by atoms with Gasteiger partial charge < -0.3 is 4.74 Å². The summed E-state index contributed by atoms with van der Waals surface area (Å²) in [6.45, 7) is 0.515. The summed E-state index contributed by atoms with van der Waals surface area (Å²) in [6, 6.07) is 19.1. The number of imide groups is 1. The van der Waals surface area contributed by atoms with Gasteiger partial charge in [0.2, 0.25) is 0 Å². The largest absolute Gasteiger partial charge is 0.487 e. The molecule has 0 atom stereocenters. The minimum atomic E-state index is -0.312. The van der Waals surface area contributed by atoms with Gasteiger partial charge in [0.05, 0.1) is 20.4 Å². The Kier molecular flexibility index (Phi) is 7.13. The molecule has 1 aliphatic rings. The number of halogens is 3. The number of benzene rings is 3. The molecular formula is C24H16Br2FNO3S. The van der Waals surface area contributed by atoms with Gasteiger partial charge in [0.25, 0.3) is 11.1 Å². The Hall–Kier alpha value is -2.42. The molecule has 1 heterocycles. The summed E-state index contributed by atoms with van der Waals surface area (Å²) in [5, 5.41) is -0.289. The van der Waals surface area contributed by atoms with E-state index in [1.54, 1.807) is 18.2 Å². The Bertz CT molecular complexity index is 1180. The number of carbonyl (C=O) groups is 2. The van der Waals surface area contributed by atoms with Crippen molar-refractivity contribution < 1.29 is 18.7 Å². The number of hydrogen-bond acceptors (Lipinski definition) is 4. The first-order valence-corrected chi connectivity index (χ1v) is 12.0. The van der Waals surface area contributed by atoms with Gasteiger partial charge in [-0.05, 0) is 90.7 Å². The molecule has 2 amide bonds. The quantitative estimate of drug-likeness (QED) is 0.292. The van der Waals surface area contributed by atoms with Crippen molar-refractivity contribution in [3.05, 3.63) is 103 Å². The molecule has 0 bridgehead atoms. The van der Waals surface area contributed by atoms with E-state index in [0.717, 1.165) is 28.5 Å². The predicted molar refractivity (Wildman–Crippen MR) is 131 cm³/mol. The SMILES string of the molecule is O=C1S/C(=C/c2cc(Br)c(OCc3ccc(F)cc3)c(Br)c2)C(=O)N1Cc1ccccc1. The molecule has 3 aromatic carbocycles. The average molecular weight is 577 g/mol. The first-order valence-electron chi connectivity index (χ1n) is 9.56. The number of thioether (sulfide) groups is 1. The molecule has 32 heavy (non-hydrogen) atoms. The van der Waals surface area contributed by atoms with Crippen molar-refractivity contribution in [3.63, 3.8) is 0 Å². The first-order chi connectivity index (χ1) is 15.4. The van der Waals surface area contributed by atoms with Gasteiger partial charge in [0.1, 0.15) is 18.2 Å². The van der Waals surface area contributed by atoms with Crippen LogP contribution in [0.1, 0.15) is 16.7 Å². The van der Waals surface area contributed by atoms with Crippen molar-refractivity contribution in [2.45, 2.75) is 13.2 Å². The molecule has 0 spiro atoms. The number of rotatable bonds is 6. The lowest BCUT2D eigenvalue weighted by Gasteiger charge is -2.12. The zero-order valence-corrected chi connectivity index (χ0v) is 20.5. The second-order valence-electron chi connectivity index (χ2n) is 6.98. The van der Waals surface area contributed by atoms with Crippen molar-refractivity contribution in [1.82, 2.24) is 4.90 Å². The molecule has 3 aromatic rings. The zero-order valence-electron chi connectivity index (χ0n) is 16.6. The fourth-order valence-electron chi connectivity index (χ4n) is 3.09. The van der Waals surface area contributed by atoms with E-state index < -0.39 is 0 Å². The van der Waals surface area contributed by atoms with Gasteiger partial charge in [-0.25, -0.2) is 4.39 Å². The smallest absolute Gasteiger partial charge is 0.293 e. The number of nitrogens with zero attached hydrogens (tertiary/aromatic N) is 1. The van der Waals surface area contributed by atoms with Crippen LogP contribution in [-0.4, -0.2) is 16.0 Å². The van der Waals surface area contributed by atoms with Crippen molar-refractivity contribution in [2.75, 3.05) is 0 Å². The van der Waals surface area contributed by atoms with Crippen LogP contribution in [0.15, 0.2) is 80.6 Å². The average Bonchev–Trinajstić information content (AvgIpc) is 3.02. The summed E-state index contributed by atoms with van der Waals surface area (Å²) < 4.78 is 20.3. The Labute approximate surface area is 205 Å². The van der Waals surface area contributed by atoms with Crippen molar-refractivity contribution >= 4 is 60.8 Å². The summed E-state index contributed by atoms with van der Waals surface area (Å²) in [5.74, 6) is -0.0231. The number of ether oxygens (including phenoxy) is 1. The summed E-state index contributed by atoms with van der Waals surface area (Å²) in [6.07, 6.45) is 1.69. The van der Waals surface area contributed by atoms with E-state index in [9.17, 15) is 14.0 Å². The van der Waals surface area contributed by atoms with Gasteiger partial charge in [0, 0.05) is 0 Å². The van der Waals surface area contributed by atoms with E-state index in [1.165, 1.54) is 17.0 Å². The highest BCUT2D eigenvalue weighted by molar-refractivity contribution is 9.11. The van der Waals surface area contributed by atoms with Gasteiger partial charge in [-0.3, -0.25) is 14.5 Å². The third-order valence-electron chi connectivity index (χ3n) is 4.67. The van der Waals surface area contributed by atoms with Gasteiger partial charge >= 0.3 is 0 Å². The van der Waals surface area contributed by atoms with E-state index in [4.69, 9.17) is 4.74 Å². The van der Waals surface area contributed by atoms with Gasteiger partial charge in [-0.2, -0.15) is 0 Å². The molecule has 0 radical (unpaired) electrons. The molecular weight excluding hydrogens is 561 g/mol. The lowest BCUT2D eigenvalue weighted by Crippen LogP contribution is -2.27. The normalized spacial score (nSPS) is 15.0. The maximum Gasteiger partial charge on any atom is 0.293 e. The minimum Gasteiger partial charge on any atom is -0.487 e. The van der Waals surface area contributed by atoms with Crippen LogP contribution in [0, 0.1) is 5.82 Å². The lowest BCUT2D eigenvalue weighted by atomic mass is 10.2. The van der Waals surface area contributed by atoms with E-state index in [2.05, 4.69) is 31.9 Å². The van der Waals surface area contributed by atoms with Gasteiger partial charge in [-0.15, -0.1) is 0 Å². The topological polar surface area (TPSA) is 46.6 Å². The number of carbonyl (C=O) groups excluding carboxylic acids is 2. The second-order valence-corrected chi connectivity index (χ2v) is 9.68. The monoisotopic (exact) mass is 575 g/mol. The van der Waals surface area contributed by atoms with E-state index in [0.29, 0.717) is 19.6 Å². The highest BCUT2D eigenvalue weighted by Gasteiger charge is 2.35. The Morgan fingerprint density at radius 3 is 2.25 bits per heavy atom. The maximum absolute atomic E-state index is 13.1. The molecule has 4 nitrogen and oxygen atoms in total. The standard InChI is InChI=1S/C24H16Br2FNO3S/c25-19-10-17(11-20(26)22(19)31-14-16-6-8-18(27)9-7-16)12-21-23(29)28(24(30)32-21)13-15-4-2-1-3-5-15/h1-12H,13-14H2/b21-12+. The summed E-state index contributed by atoms with van der Waals surface area (Å²) in [5.41, 5.74) is 2.47. The number of amides is 2. The third kappa shape index (κ3) is 5.31. The third-order valence-corrected chi connectivity index (χ3v) is 6.76. The van der Waals surface area contributed by atoms with Crippen LogP contribution in [0.25, 0.3) is 6.08 Å². The number of hydrogen-bond donors (Lipinski definition) is 0. The Morgan fingerprint density at radius 2 is 1.59 bits per heavy atom. The molecule has 1 aliphatic heterocycles. The van der Waals surface area contributed by atoms with Crippen molar-refractivity contribution in [3.8, 4) is 5.75 Å².